The van der Waals surface area contributed by atoms with Crippen molar-refractivity contribution in [2.45, 2.75) is 46.0 Å². The zero-order valence-electron chi connectivity index (χ0n) is 14.5. The van der Waals surface area contributed by atoms with Crippen molar-refractivity contribution in [3.8, 4) is 0 Å². The summed E-state index contributed by atoms with van der Waals surface area (Å²) in [7, 11) is 0. The third-order valence-corrected chi connectivity index (χ3v) is 4.66. The van der Waals surface area contributed by atoms with Gasteiger partial charge in [-0.1, -0.05) is 5.16 Å². The molecule has 5 nitrogen and oxygen atoms in total. The van der Waals surface area contributed by atoms with Gasteiger partial charge in [0.2, 0.25) is 5.91 Å². The maximum Gasteiger partial charge on any atom is 0.224 e. The van der Waals surface area contributed by atoms with Crippen LogP contribution >= 0.6 is 0 Å². The highest BCUT2D eigenvalue weighted by atomic mass is 16.5. The number of carbonyl (C=O) groups excluding carboxylic acids is 1. The standard InChI is InChI=1S/C19H25N3O2/c1-14-18(15(2)24-21-14)10-11-19(23)20-16-6-8-17(9-7-16)22-12-4-3-5-13-22/h6-9H,3-5,10-13H2,1-2H3,(H,20,23). The third kappa shape index (κ3) is 3.96. The van der Waals surface area contributed by atoms with Gasteiger partial charge in [0.25, 0.3) is 0 Å². The topological polar surface area (TPSA) is 58.4 Å². The maximum atomic E-state index is 12.1. The Balaban J connectivity index is 1.52. The first kappa shape index (κ1) is 16.6. The number of hydrogen-bond donors (Lipinski definition) is 1. The Hall–Kier alpha value is -2.30. The molecule has 3 rings (SSSR count). The number of piperidine rings is 1. The fourth-order valence-electron chi connectivity index (χ4n) is 3.23. The van der Waals surface area contributed by atoms with Crippen molar-refractivity contribution < 1.29 is 9.32 Å². The van der Waals surface area contributed by atoms with E-state index in [0.29, 0.717) is 12.8 Å². The number of carbonyl (C=O) groups is 1. The Kier molecular flexibility index (Phi) is 5.18. The lowest BCUT2D eigenvalue weighted by Gasteiger charge is -2.28. The molecule has 2 heterocycles. The van der Waals surface area contributed by atoms with E-state index >= 15 is 0 Å². The number of rotatable bonds is 5. The van der Waals surface area contributed by atoms with Gasteiger partial charge >= 0.3 is 0 Å². The van der Waals surface area contributed by atoms with E-state index < -0.39 is 0 Å². The van der Waals surface area contributed by atoms with Crippen LogP contribution < -0.4 is 10.2 Å². The van der Waals surface area contributed by atoms with Crippen LogP contribution in [0.5, 0.6) is 0 Å². The first-order chi connectivity index (χ1) is 11.6. The van der Waals surface area contributed by atoms with Crippen LogP contribution in [0.4, 0.5) is 11.4 Å². The van der Waals surface area contributed by atoms with Gasteiger partial charge in [0.05, 0.1) is 5.69 Å². The molecule has 2 aromatic rings. The Labute approximate surface area is 143 Å². The second-order valence-electron chi connectivity index (χ2n) is 6.45. The summed E-state index contributed by atoms with van der Waals surface area (Å²) in [6, 6.07) is 8.15. The largest absolute Gasteiger partial charge is 0.372 e. The van der Waals surface area contributed by atoms with Gasteiger partial charge in [-0.2, -0.15) is 0 Å². The van der Waals surface area contributed by atoms with Crippen LogP contribution in [0.2, 0.25) is 0 Å². The molecule has 1 aliphatic heterocycles. The fourth-order valence-corrected chi connectivity index (χ4v) is 3.23. The smallest absolute Gasteiger partial charge is 0.224 e. The van der Waals surface area contributed by atoms with E-state index in [1.165, 1.54) is 24.9 Å². The summed E-state index contributed by atoms with van der Waals surface area (Å²) >= 11 is 0. The number of hydrogen-bond acceptors (Lipinski definition) is 4. The first-order valence-corrected chi connectivity index (χ1v) is 8.70. The molecule has 0 saturated carbocycles. The molecule has 1 aromatic carbocycles. The van der Waals surface area contributed by atoms with Gasteiger partial charge in [0.15, 0.2) is 0 Å². The van der Waals surface area contributed by atoms with Gasteiger partial charge in [-0.3, -0.25) is 4.79 Å². The van der Waals surface area contributed by atoms with Crippen LogP contribution in [0.25, 0.3) is 0 Å². The SMILES string of the molecule is Cc1noc(C)c1CCC(=O)Nc1ccc(N2CCCCC2)cc1. The quantitative estimate of drug-likeness (QED) is 0.906. The predicted molar refractivity (Wildman–Crippen MR) is 95.4 cm³/mol. The number of anilines is 2. The number of nitrogens with one attached hydrogen (secondary N) is 1. The molecule has 1 fully saturated rings. The Morgan fingerprint density at radius 3 is 2.50 bits per heavy atom. The van der Waals surface area contributed by atoms with Gasteiger partial charge in [-0.05, 0) is 63.8 Å². The van der Waals surface area contributed by atoms with Crippen LogP contribution in [-0.4, -0.2) is 24.2 Å². The zero-order chi connectivity index (χ0) is 16.9. The van der Waals surface area contributed by atoms with E-state index in [4.69, 9.17) is 4.52 Å². The van der Waals surface area contributed by atoms with Crippen LogP contribution in [-0.2, 0) is 11.2 Å². The molecule has 24 heavy (non-hydrogen) atoms. The number of amides is 1. The summed E-state index contributed by atoms with van der Waals surface area (Å²) in [5, 5.41) is 6.89. The van der Waals surface area contributed by atoms with Crippen molar-refractivity contribution in [1.29, 1.82) is 0 Å². The summed E-state index contributed by atoms with van der Waals surface area (Å²) in [4.78, 5) is 14.6. The van der Waals surface area contributed by atoms with Gasteiger partial charge in [0, 0.05) is 36.4 Å². The Bertz CT molecular complexity index is 666. The van der Waals surface area contributed by atoms with E-state index in [1.54, 1.807) is 0 Å². The highest BCUT2D eigenvalue weighted by Crippen LogP contribution is 2.22. The van der Waals surface area contributed by atoms with E-state index in [9.17, 15) is 4.79 Å². The first-order valence-electron chi connectivity index (χ1n) is 8.70. The molecule has 0 spiro atoms. The molecule has 0 atom stereocenters. The normalized spacial score (nSPS) is 14.7. The molecule has 0 unspecified atom stereocenters. The molecule has 1 aliphatic rings. The van der Waals surface area contributed by atoms with Gasteiger partial charge in [-0.25, -0.2) is 0 Å². The van der Waals surface area contributed by atoms with Crippen LogP contribution in [0.1, 0.15) is 42.7 Å². The molecular formula is C19H25N3O2. The second kappa shape index (κ2) is 7.51. The third-order valence-electron chi connectivity index (χ3n) is 4.66. The molecular weight excluding hydrogens is 302 g/mol. The van der Waals surface area contributed by atoms with Gasteiger partial charge in [-0.15, -0.1) is 0 Å². The van der Waals surface area contributed by atoms with E-state index in [2.05, 4.69) is 27.5 Å². The average Bonchev–Trinajstić information content (AvgIpc) is 2.93. The molecule has 128 valence electrons. The minimum Gasteiger partial charge on any atom is -0.372 e. The monoisotopic (exact) mass is 327 g/mol. The van der Waals surface area contributed by atoms with E-state index in [-0.39, 0.29) is 5.91 Å². The summed E-state index contributed by atoms with van der Waals surface area (Å²) in [5.41, 5.74) is 3.99. The second-order valence-corrected chi connectivity index (χ2v) is 6.45. The highest BCUT2D eigenvalue weighted by molar-refractivity contribution is 5.91. The summed E-state index contributed by atoms with van der Waals surface area (Å²) < 4.78 is 5.13. The number of benzene rings is 1. The van der Waals surface area contributed by atoms with Crippen molar-refractivity contribution in [3.63, 3.8) is 0 Å². The fraction of sp³-hybridized carbons (Fsp3) is 0.474. The molecule has 0 bridgehead atoms. The Morgan fingerprint density at radius 2 is 1.88 bits per heavy atom. The molecule has 0 aliphatic carbocycles. The maximum absolute atomic E-state index is 12.1. The zero-order valence-corrected chi connectivity index (χ0v) is 14.5. The molecule has 1 amide bonds. The van der Waals surface area contributed by atoms with Crippen molar-refractivity contribution >= 4 is 17.3 Å². The lowest BCUT2D eigenvalue weighted by molar-refractivity contribution is -0.116. The van der Waals surface area contributed by atoms with Crippen LogP contribution in [0.3, 0.4) is 0 Å². The van der Waals surface area contributed by atoms with Crippen molar-refractivity contribution in [2.24, 2.45) is 0 Å². The summed E-state index contributed by atoms with van der Waals surface area (Å²) in [5.74, 6) is 0.812. The highest BCUT2D eigenvalue weighted by Gasteiger charge is 2.12. The van der Waals surface area contributed by atoms with E-state index in [0.717, 1.165) is 35.8 Å². The van der Waals surface area contributed by atoms with Crippen LogP contribution in [0, 0.1) is 13.8 Å². The minimum atomic E-state index is 0.0146. The molecule has 1 aromatic heterocycles. The predicted octanol–water partition coefficient (Wildman–Crippen LogP) is 3.85. The summed E-state index contributed by atoms with van der Waals surface area (Å²) in [6.45, 7) is 6.04. The van der Waals surface area contributed by atoms with Crippen molar-refractivity contribution in [3.05, 3.63) is 41.3 Å². The average molecular weight is 327 g/mol. The van der Waals surface area contributed by atoms with E-state index in [1.807, 2.05) is 26.0 Å². The molecule has 1 N–H and O–H groups in total. The number of nitrogens with zero attached hydrogens (tertiary/aromatic N) is 2. The van der Waals surface area contributed by atoms with Crippen molar-refractivity contribution in [1.82, 2.24) is 5.16 Å². The van der Waals surface area contributed by atoms with Crippen molar-refractivity contribution in [2.75, 3.05) is 23.3 Å². The molecule has 0 radical (unpaired) electrons. The lowest BCUT2D eigenvalue weighted by atomic mass is 10.1. The molecule has 5 heteroatoms. The minimum absolute atomic E-state index is 0.0146. The Morgan fingerprint density at radius 1 is 1.17 bits per heavy atom. The number of aryl methyl sites for hydroxylation is 2. The van der Waals surface area contributed by atoms with Gasteiger partial charge < -0.3 is 14.7 Å². The molecule has 1 saturated heterocycles. The van der Waals surface area contributed by atoms with Gasteiger partial charge in [0.1, 0.15) is 5.76 Å². The number of aromatic nitrogens is 1. The summed E-state index contributed by atoms with van der Waals surface area (Å²) in [6.07, 6.45) is 4.94. The lowest BCUT2D eigenvalue weighted by Crippen LogP contribution is -2.29. The van der Waals surface area contributed by atoms with Crippen LogP contribution in [0.15, 0.2) is 28.8 Å².